The number of hydrogen-bond donors (Lipinski definition) is 1. The van der Waals surface area contributed by atoms with Gasteiger partial charge < -0.3 is 10.3 Å². The summed E-state index contributed by atoms with van der Waals surface area (Å²) in [5.74, 6) is 0.738. The van der Waals surface area contributed by atoms with E-state index in [-0.39, 0.29) is 0 Å². The van der Waals surface area contributed by atoms with Crippen LogP contribution >= 0.6 is 0 Å². The molecule has 0 aliphatic carbocycles. The summed E-state index contributed by atoms with van der Waals surface area (Å²) in [6, 6.07) is 8.25. The Morgan fingerprint density at radius 1 is 1.29 bits per heavy atom. The molecule has 0 bridgehead atoms. The monoisotopic (exact) mass is 230 g/mol. The molecule has 0 amide bonds. The molecule has 0 aliphatic heterocycles. The van der Waals surface area contributed by atoms with Gasteiger partial charge >= 0.3 is 0 Å². The summed E-state index contributed by atoms with van der Waals surface area (Å²) in [7, 11) is 0. The van der Waals surface area contributed by atoms with Crippen molar-refractivity contribution in [2.24, 2.45) is 0 Å². The first-order valence-electron chi connectivity index (χ1n) is 5.98. The fourth-order valence-electron chi connectivity index (χ4n) is 2.12. The average Bonchev–Trinajstić information content (AvgIpc) is 2.71. The van der Waals surface area contributed by atoms with Crippen LogP contribution in [0.5, 0.6) is 0 Å². The molecule has 0 unspecified atom stereocenters. The van der Waals surface area contributed by atoms with Gasteiger partial charge in [0.15, 0.2) is 0 Å². The molecule has 0 radical (unpaired) electrons. The highest BCUT2D eigenvalue weighted by Gasteiger charge is 2.19. The minimum atomic E-state index is 0.307. The summed E-state index contributed by atoms with van der Waals surface area (Å²) < 4.78 is 5.14. The van der Waals surface area contributed by atoms with Crippen LogP contribution in [0.4, 0.5) is 5.88 Å². The Kier molecular flexibility index (Phi) is 3.18. The zero-order valence-electron chi connectivity index (χ0n) is 10.5. The van der Waals surface area contributed by atoms with Crippen LogP contribution in [0, 0.1) is 0 Å². The van der Waals surface area contributed by atoms with Gasteiger partial charge in [-0.2, -0.15) is 0 Å². The quantitative estimate of drug-likeness (QED) is 0.876. The maximum atomic E-state index is 5.84. The van der Waals surface area contributed by atoms with E-state index in [1.165, 1.54) is 5.56 Å². The van der Waals surface area contributed by atoms with Crippen molar-refractivity contribution in [2.75, 3.05) is 5.73 Å². The second kappa shape index (κ2) is 4.62. The lowest BCUT2D eigenvalue weighted by Crippen LogP contribution is -1.96. The number of rotatable bonds is 3. The smallest absolute Gasteiger partial charge is 0.226 e. The predicted molar refractivity (Wildman–Crippen MR) is 69.8 cm³/mol. The molecule has 0 saturated carbocycles. The Morgan fingerprint density at radius 3 is 2.65 bits per heavy atom. The number of benzene rings is 1. The maximum absolute atomic E-state index is 5.84. The molecule has 3 heteroatoms. The Hall–Kier alpha value is -1.77. The molecule has 0 fully saturated rings. The second-order valence-corrected chi connectivity index (χ2v) is 4.47. The Balaban J connectivity index is 2.60. The zero-order valence-corrected chi connectivity index (χ0v) is 10.5. The molecule has 0 saturated heterocycles. The van der Waals surface area contributed by atoms with Crippen molar-refractivity contribution in [3.05, 3.63) is 35.4 Å². The van der Waals surface area contributed by atoms with Gasteiger partial charge in [-0.3, -0.25) is 0 Å². The zero-order chi connectivity index (χ0) is 12.4. The van der Waals surface area contributed by atoms with E-state index in [1.54, 1.807) is 0 Å². The number of anilines is 1. The molecule has 2 N–H and O–H groups in total. The molecule has 0 spiro atoms. The lowest BCUT2D eigenvalue weighted by atomic mass is 9.95. The van der Waals surface area contributed by atoms with Gasteiger partial charge in [0.05, 0.1) is 0 Å². The molecular weight excluding hydrogens is 212 g/mol. The minimum absolute atomic E-state index is 0.307. The Labute approximate surface area is 102 Å². The summed E-state index contributed by atoms with van der Waals surface area (Å²) in [4.78, 5) is 0. The first-order chi connectivity index (χ1) is 8.15. The maximum Gasteiger partial charge on any atom is 0.226 e. The SMILES string of the molecule is CCc1ccccc1-c1noc(N)c1C(C)C. The molecule has 0 aliphatic rings. The lowest BCUT2D eigenvalue weighted by molar-refractivity contribution is 0.438. The van der Waals surface area contributed by atoms with E-state index in [0.29, 0.717) is 11.8 Å². The van der Waals surface area contributed by atoms with E-state index in [1.807, 2.05) is 12.1 Å². The highest BCUT2D eigenvalue weighted by molar-refractivity contribution is 5.70. The molecule has 2 rings (SSSR count). The third-order valence-corrected chi connectivity index (χ3v) is 2.99. The topological polar surface area (TPSA) is 52.0 Å². The fourth-order valence-corrected chi connectivity index (χ4v) is 2.12. The summed E-state index contributed by atoms with van der Waals surface area (Å²) in [6.45, 7) is 6.33. The predicted octanol–water partition coefficient (Wildman–Crippen LogP) is 3.61. The third-order valence-electron chi connectivity index (χ3n) is 2.99. The number of nitrogens with zero attached hydrogens (tertiary/aromatic N) is 1. The van der Waals surface area contributed by atoms with Crippen LogP contribution < -0.4 is 5.73 Å². The minimum Gasteiger partial charge on any atom is -0.367 e. The summed E-state index contributed by atoms with van der Waals surface area (Å²) in [5.41, 5.74) is 10.1. The second-order valence-electron chi connectivity index (χ2n) is 4.47. The number of aryl methyl sites for hydroxylation is 1. The Bertz CT molecular complexity index is 515. The van der Waals surface area contributed by atoms with E-state index in [0.717, 1.165) is 23.2 Å². The van der Waals surface area contributed by atoms with Crippen molar-refractivity contribution in [3.8, 4) is 11.3 Å². The van der Waals surface area contributed by atoms with Crippen LogP contribution in [0.2, 0.25) is 0 Å². The molecular formula is C14H18N2O. The standard InChI is InChI=1S/C14H18N2O/c1-4-10-7-5-6-8-11(10)13-12(9(2)3)14(15)17-16-13/h5-9H,4,15H2,1-3H3. The van der Waals surface area contributed by atoms with E-state index in [2.05, 4.69) is 38.1 Å². The van der Waals surface area contributed by atoms with Gasteiger partial charge in [0.1, 0.15) is 5.69 Å². The molecule has 90 valence electrons. The Morgan fingerprint density at radius 2 is 2.00 bits per heavy atom. The van der Waals surface area contributed by atoms with Crippen LogP contribution in [0.25, 0.3) is 11.3 Å². The number of nitrogens with two attached hydrogens (primary N) is 1. The number of hydrogen-bond acceptors (Lipinski definition) is 3. The van der Waals surface area contributed by atoms with Crippen molar-refractivity contribution >= 4 is 5.88 Å². The summed E-state index contributed by atoms with van der Waals surface area (Å²) in [6.07, 6.45) is 0.973. The molecule has 1 aromatic heterocycles. The number of aromatic nitrogens is 1. The highest BCUT2D eigenvalue weighted by atomic mass is 16.5. The van der Waals surface area contributed by atoms with E-state index < -0.39 is 0 Å². The van der Waals surface area contributed by atoms with Gasteiger partial charge in [-0.05, 0) is 17.9 Å². The fraction of sp³-hybridized carbons (Fsp3) is 0.357. The van der Waals surface area contributed by atoms with Gasteiger partial charge in [0, 0.05) is 11.1 Å². The first-order valence-corrected chi connectivity index (χ1v) is 5.98. The van der Waals surface area contributed by atoms with Crippen LogP contribution in [-0.2, 0) is 6.42 Å². The summed E-state index contributed by atoms with van der Waals surface area (Å²) >= 11 is 0. The molecule has 17 heavy (non-hydrogen) atoms. The van der Waals surface area contributed by atoms with E-state index in [4.69, 9.17) is 10.3 Å². The van der Waals surface area contributed by atoms with Gasteiger partial charge in [-0.25, -0.2) is 0 Å². The van der Waals surface area contributed by atoms with Crippen molar-refractivity contribution in [1.82, 2.24) is 5.16 Å². The van der Waals surface area contributed by atoms with E-state index >= 15 is 0 Å². The lowest BCUT2D eigenvalue weighted by Gasteiger charge is -2.08. The van der Waals surface area contributed by atoms with Crippen molar-refractivity contribution in [1.29, 1.82) is 0 Å². The molecule has 1 aromatic carbocycles. The molecule has 3 nitrogen and oxygen atoms in total. The van der Waals surface area contributed by atoms with E-state index in [9.17, 15) is 0 Å². The van der Waals surface area contributed by atoms with Crippen molar-refractivity contribution in [3.63, 3.8) is 0 Å². The van der Waals surface area contributed by atoms with Gasteiger partial charge in [0.25, 0.3) is 0 Å². The van der Waals surface area contributed by atoms with Gasteiger partial charge in [-0.15, -0.1) is 0 Å². The summed E-state index contributed by atoms with van der Waals surface area (Å²) in [5, 5.41) is 4.12. The molecule has 0 atom stereocenters. The molecule has 2 aromatic rings. The largest absolute Gasteiger partial charge is 0.367 e. The average molecular weight is 230 g/mol. The van der Waals surface area contributed by atoms with Crippen molar-refractivity contribution < 1.29 is 4.52 Å². The highest BCUT2D eigenvalue weighted by Crippen LogP contribution is 2.34. The van der Waals surface area contributed by atoms with Crippen LogP contribution in [0.1, 0.15) is 37.8 Å². The number of nitrogen functional groups attached to an aromatic ring is 1. The van der Waals surface area contributed by atoms with Crippen LogP contribution in [0.3, 0.4) is 0 Å². The normalized spacial score (nSPS) is 11.1. The molecule has 1 heterocycles. The van der Waals surface area contributed by atoms with Crippen molar-refractivity contribution in [2.45, 2.75) is 33.1 Å². The third kappa shape index (κ3) is 2.05. The van der Waals surface area contributed by atoms with Crippen LogP contribution in [0.15, 0.2) is 28.8 Å². The van der Waals surface area contributed by atoms with Crippen LogP contribution in [-0.4, -0.2) is 5.16 Å². The van der Waals surface area contributed by atoms with Gasteiger partial charge in [-0.1, -0.05) is 50.2 Å². The first kappa shape index (κ1) is 11.7. The van der Waals surface area contributed by atoms with Gasteiger partial charge in [0.2, 0.25) is 5.88 Å².